The van der Waals surface area contributed by atoms with Crippen molar-refractivity contribution in [1.29, 1.82) is 5.41 Å². The summed E-state index contributed by atoms with van der Waals surface area (Å²) in [7, 11) is 4.68. The van der Waals surface area contributed by atoms with Crippen molar-refractivity contribution < 1.29 is 14.3 Å². The number of nitrogens with one attached hydrogen (secondary N) is 2. The van der Waals surface area contributed by atoms with Crippen molar-refractivity contribution in [2.24, 2.45) is 4.99 Å². The predicted octanol–water partition coefficient (Wildman–Crippen LogP) is 3.72. The van der Waals surface area contributed by atoms with E-state index in [1.807, 2.05) is 42.5 Å². The first-order valence-electron chi connectivity index (χ1n) is 9.93. The SMILES string of the molecule is CN=CC(C(=N)C(=O)C(Nc1cccc(OC)c1)c1cnc(OC)cn1)c1ccccc1. The Kier molecular flexibility index (Phi) is 7.64. The van der Waals surface area contributed by atoms with Gasteiger partial charge < -0.3 is 20.2 Å². The van der Waals surface area contributed by atoms with Crippen LogP contribution in [0.3, 0.4) is 0 Å². The van der Waals surface area contributed by atoms with Crippen molar-refractivity contribution in [3.63, 3.8) is 0 Å². The summed E-state index contributed by atoms with van der Waals surface area (Å²) in [5.41, 5.74) is 1.70. The van der Waals surface area contributed by atoms with Gasteiger partial charge in [-0.1, -0.05) is 36.4 Å². The van der Waals surface area contributed by atoms with Gasteiger partial charge in [0, 0.05) is 25.0 Å². The number of rotatable bonds is 10. The molecule has 0 amide bonds. The number of hydrogen-bond donors (Lipinski definition) is 2. The first-order valence-corrected chi connectivity index (χ1v) is 9.93. The van der Waals surface area contributed by atoms with Crippen LogP contribution in [0.1, 0.15) is 23.2 Å². The summed E-state index contributed by atoms with van der Waals surface area (Å²) in [6, 6.07) is 15.6. The highest BCUT2D eigenvalue weighted by atomic mass is 16.5. The third-order valence-electron chi connectivity index (χ3n) is 4.83. The zero-order valence-corrected chi connectivity index (χ0v) is 18.1. The number of ether oxygens (including phenoxy) is 2. The van der Waals surface area contributed by atoms with E-state index in [4.69, 9.17) is 14.9 Å². The normalized spacial score (nSPS) is 12.7. The van der Waals surface area contributed by atoms with Crippen LogP contribution < -0.4 is 14.8 Å². The zero-order chi connectivity index (χ0) is 22.9. The van der Waals surface area contributed by atoms with Gasteiger partial charge >= 0.3 is 0 Å². The quantitative estimate of drug-likeness (QED) is 0.474. The first-order chi connectivity index (χ1) is 15.6. The van der Waals surface area contributed by atoms with Gasteiger partial charge in [0.1, 0.15) is 11.8 Å². The molecule has 0 saturated heterocycles. The van der Waals surface area contributed by atoms with Gasteiger partial charge in [-0.15, -0.1) is 0 Å². The van der Waals surface area contributed by atoms with Gasteiger partial charge in [0.25, 0.3) is 0 Å². The Labute approximate surface area is 186 Å². The first kappa shape index (κ1) is 22.6. The maximum absolute atomic E-state index is 13.6. The van der Waals surface area contributed by atoms with Crippen molar-refractivity contribution in [3.8, 4) is 11.6 Å². The van der Waals surface area contributed by atoms with E-state index in [1.165, 1.54) is 19.5 Å². The van der Waals surface area contributed by atoms with Crippen molar-refractivity contribution in [3.05, 3.63) is 78.2 Å². The van der Waals surface area contributed by atoms with Gasteiger partial charge in [-0.05, 0) is 17.7 Å². The number of benzene rings is 2. The Morgan fingerprint density at radius 2 is 1.84 bits per heavy atom. The Morgan fingerprint density at radius 3 is 2.47 bits per heavy atom. The highest BCUT2D eigenvalue weighted by Gasteiger charge is 2.30. The van der Waals surface area contributed by atoms with Gasteiger partial charge in [-0.2, -0.15) is 0 Å². The molecule has 2 N–H and O–H groups in total. The predicted molar refractivity (Wildman–Crippen MR) is 124 cm³/mol. The Hall–Kier alpha value is -4.07. The number of aliphatic imine (C=N–C) groups is 1. The van der Waals surface area contributed by atoms with Crippen LogP contribution in [-0.4, -0.2) is 48.9 Å². The molecular formula is C24H25N5O3. The third-order valence-corrected chi connectivity index (χ3v) is 4.83. The second kappa shape index (κ2) is 10.8. The van der Waals surface area contributed by atoms with Gasteiger partial charge in [-0.25, -0.2) is 4.98 Å². The van der Waals surface area contributed by atoms with Crippen LogP contribution in [0.5, 0.6) is 11.6 Å². The summed E-state index contributed by atoms with van der Waals surface area (Å²) in [6.45, 7) is 0. The molecule has 0 spiro atoms. The number of ketones is 1. The van der Waals surface area contributed by atoms with Crippen LogP contribution in [0.25, 0.3) is 0 Å². The highest BCUT2D eigenvalue weighted by molar-refractivity contribution is 6.45. The van der Waals surface area contributed by atoms with E-state index in [2.05, 4.69) is 20.3 Å². The molecule has 3 rings (SSSR count). The third kappa shape index (κ3) is 5.34. The molecule has 0 aliphatic carbocycles. The van der Waals surface area contributed by atoms with Crippen LogP contribution in [0, 0.1) is 5.41 Å². The summed E-state index contributed by atoms with van der Waals surface area (Å²) in [5.74, 6) is -0.0652. The minimum atomic E-state index is -0.940. The molecule has 1 heterocycles. The minimum Gasteiger partial charge on any atom is -0.497 e. The molecule has 0 bridgehead atoms. The molecule has 0 saturated carbocycles. The van der Waals surface area contributed by atoms with E-state index >= 15 is 0 Å². The molecule has 2 aromatic carbocycles. The topological polar surface area (TPSA) is 110 Å². The van der Waals surface area contributed by atoms with Crippen molar-refractivity contribution in [1.82, 2.24) is 9.97 Å². The molecule has 1 aromatic heterocycles. The molecule has 8 heteroatoms. The number of Topliss-reactive ketones (excluding diaryl/α,β-unsaturated/α-hetero) is 1. The molecule has 8 nitrogen and oxygen atoms in total. The Bertz CT molecular complexity index is 1080. The Morgan fingerprint density at radius 1 is 1.06 bits per heavy atom. The summed E-state index contributed by atoms with van der Waals surface area (Å²) in [5, 5.41) is 11.9. The van der Waals surface area contributed by atoms with Gasteiger partial charge in [0.2, 0.25) is 11.7 Å². The molecule has 32 heavy (non-hydrogen) atoms. The smallest absolute Gasteiger partial charge is 0.231 e. The minimum absolute atomic E-state index is 0.111. The summed E-state index contributed by atoms with van der Waals surface area (Å²) in [6.07, 6.45) is 4.50. The van der Waals surface area contributed by atoms with Crippen LogP contribution in [0.4, 0.5) is 5.69 Å². The summed E-state index contributed by atoms with van der Waals surface area (Å²) >= 11 is 0. The average Bonchev–Trinajstić information content (AvgIpc) is 2.85. The van der Waals surface area contributed by atoms with Gasteiger partial charge in [0.15, 0.2) is 0 Å². The van der Waals surface area contributed by atoms with Crippen LogP contribution in [0.2, 0.25) is 0 Å². The van der Waals surface area contributed by atoms with E-state index in [1.54, 1.807) is 32.5 Å². The number of nitrogens with zero attached hydrogens (tertiary/aromatic N) is 3. The number of aromatic nitrogens is 2. The van der Waals surface area contributed by atoms with E-state index in [9.17, 15) is 4.79 Å². The fraction of sp³-hybridized carbons (Fsp3) is 0.208. The molecule has 164 valence electrons. The molecule has 0 aliphatic heterocycles. The van der Waals surface area contributed by atoms with E-state index in [0.29, 0.717) is 23.0 Å². The summed E-state index contributed by atoms with van der Waals surface area (Å²) < 4.78 is 10.4. The van der Waals surface area contributed by atoms with Gasteiger partial charge in [0.05, 0.1) is 43.9 Å². The van der Waals surface area contributed by atoms with Crippen molar-refractivity contribution in [2.45, 2.75) is 12.0 Å². The van der Waals surface area contributed by atoms with Crippen LogP contribution in [0.15, 0.2) is 72.0 Å². The largest absolute Gasteiger partial charge is 0.497 e. The monoisotopic (exact) mass is 431 g/mol. The standard InChI is InChI=1S/C24H25N5O3/c1-26-13-19(16-8-5-4-6-9-16)22(25)24(30)23(20-14-28-21(32-3)15-27-20)29-17-10-7-11-18(12-17)31-2/h4-15,19,23,25,29H,1-3H3. The number of carbonyl (C=O) groups excluding carboxylic acids is 1. The van der Waals surface area contributed by atoms with Crippen LogP contribution in [-0.2, 0) is 4.79 Å². The van der Waals surface area contributed by atoms with E-state index < -0.39 is 17.7 Å². The lowest BCUT2D eigenvalue weighted by Crippen LogP contribution is -2.32. The summed E-state index contributed by atoms with van der Waals surface area (Å²) in [4.78, 5) is 26.2. The second-order valence-corrected chi connectivity index (χ2v) is 6.87. The number of carbonyl (C=O) groups is 1. The lowest BCUT2D eigenvalue weighted by Gasteiger charge is -2.21. The van der Waals surface area contributed by atoms with Gasteiger partial charge in [-0.3, -0.25) is 14.8 Å². The molecule has 3 aromatic rings. The fourth-order valence-electron chi connectivity index (χ4n) is 3.18. The fourth-order valence-corrected chi connectivity index (χ4v) is 3.18. The van der Waals surface area contributed by atoms with E-state index in [-0.39, 0.29) is 5.71 Å². The molecule has 0 radical (unpaired) electrons. The Balaban J connectivity index is 1.98. The van der Waals surface area contributed by atoms with Crippen molar-refractivity contribution in [2.75, 3.05) is 26.6 Å². The number of hydrogen-bond acceptors (Lipinski definition) is 8. The molecular weight excluding hydrogens is 406 g/mol. The lowest BCUT2D eigenvalue weighted by molar-refractivity contribution is -0.114. The highest BCUT2D eigenvalue weighted by Crippen LogP contribution is 2.26. The zero-order valence-electron chi connectivity index (χ0n) is 18.1. The van der Waals surface area contributed by atoms with Crippen molar-refractivity contribution >= 4 is 23.4 Å². The molecule has 0 aliphatic rings. The lowest BCUT2D eigenvalue weighted by atomic mass is 9.89. The average molecular weight is 431 g/mol. The molecule has 0 fully saturated rings. The van der Waals surface area contributed by atoms with E-state index in [0.717, 1.165) is 5.56 Å². The molecule has 2 atom stereocenters. The maximum atomic E-state index is 13.6. The van der Waals surface area contributed by atoms with Crippen LogP contribution >= 0.6 is 0 Å². The number of methoxy groups -OCH3 is 2. The molecule has 2 unspecified atom stereocenters. The number of anilines is 1. The maximum Gasteiger partial charge on any atom is 0.231 e. The second-order valence-electron chi connectivity index (χ2n) is 6.87.